The van der Waals surface area contributed by atoms with Gasteiger partial charge >= 0.3 is 0 Å². The zero-order valence-corrected chi connectivity index (χ0v) is 17.4. The summed E-state index contributed by atoms with van der Waals surface area (Å²) in [5, 5.41) is 7.94. The minimum Gasteiger partial charge on any atom is -0.369 e. The minimum atomic E-state index is 0.801. The maximum atomic E-state index is 4.48. The highest BCUT2D eigenvalue weighted by Gasteiger charge is 2.31. The van der Waals surface area contributed by atoms with Gasteiger partial charge < -0.3 is 10.2 Å². The zero-order valence-electron chi connectivity index (χ0n) is 17.4. The average molecular weight is 412 g/mol. The van der Waals surface area contributed by atoms with Crippen molar-refractivity contribution in [3.05, 3.63) is 67.3 Å². The summed E-state index contributed by atoms with van der Waals surface area (Å²) in [6.45, 7) is 4.58. The van der Waals surface area contributed by atoms with Gasteiger partial charge in [0.25, 0.3) is 0 Å². The second-order valence-corrected chi connectivity index (χ2v) is 8.29. The molecule has 1 aliphatic carbocycles. The van der Waals surface area contributed by atoms with E-state index < -0.39 is 0 Å². The van der Waals surface area contributed by atoms with E-state index in [1.54, 1.807) is 18.7 Å². The van der Waals surface area contributed by atoms with Gasteiger partial charge in [-0.1, -0.05) is 0 Å². The predicted molar refractivity (Wildman–Crippen MR) is 123 cm³/mol. The molecule has 4 aromatic rings. The van der Waals surface area contributed by atoms with Crippen LogP contribution in [0.3, 0.4) is 0 Å². The van der Waals surface area contributed by atoms with Gasteiger partial charge in [0.2, 0.25) is 0 Å². The van der Waals surface area contributed by atoms with Crippen LogP contribution in [-0.4, -0.2) is 56.7 Å². The fourth-order valence-corrected chi connectivity index (χ4v) is 4.44. The van der Waals surface area contributed by atoms with Crippen LogP contribution in [0, 0.1) is 0 Å². The van der Waals surface area contributed by atoms with Crippen molar-refractivity contribution in [3.8, 4) is 11.3 Å². The molecule has 0 spiro atoms. The summed E-state index contributed by atoms with van der Waals surface area (Å²) in [7, 11) is 0. The first-order chi connectivity index (χ1) is 15.3. The second kappa shape index (κ2) is 7.67. The fourth-order valence-electron chi connectivity index (χ4n) is 4.44. The van der Waals surface area contributed by atoms with E-state index in [0.717, 1.165) is 47.4 Å². The molecular weight excluding hydrogens is 386 g/mol. The van der Waals surface area contributed by atoms with Crippen LogP contribution in [0.5, 0.6) is 0 Å². The molecule has 6 rings (SSSR count). The number of benzene rings is 1. The number of rotatable bonds is 5. The van der Waals surface area contributed by atoms with Gasteiger partial charge in [0.15, 0.2) is 5.65 Å². The monoisotopic (exact) mass is 411 g/mol. The molecule has 3 aromatic heterocycles. The van der Waals surface area contributed by atoms with Gasteiger partial charge in [0, 0.05) is 61.6 Å². The Hall–Kier alpha value is -3.45. The fraction of sp³-hybridized carbons (Fsp3) is 0.292. The summed E-state index contributed by atoms with van der Waals surface area (Å²) >= 11 is 0. The number of pyridine rings is 2. The number of hydrogen-bond donors (Lipinski definition) is 1. The van der Waals surface area contributed by atoms with Crippen LogP contribution < -0.4 is 10.2 Å². The molecule has 0 radical (unpaired) electrons. The van der Waals surface area contributed by atoms with Crippen LogP contribution in [-0.2, 0) is 0 Å². The summed E-state index contributed by atoms with van der Waals surface area (Å²) in [6.07, 6.45) is 7.96. The predicted octanol–water partition coefficient (Wildman–Crippen LogP) is 3.82. The number of piperazine rings is 1. The van der Waals surface area contributed by atoms with E-state index in [9.17, 15) is 0 Å². The van der Waals surface area contributed by atoms with Crippen molar-refractivity contribution in [2.24, 2.45) is 0 Å². The Morgan fingerprint density at radius 2 is 1.61 bits per heavy atom. The highest BCUT2D eigenvalue weighted by atomic mass is 15.3. The van der Waals surface area contributed by atoms with Crippen LogP contribution in [0.25, 0.3) is 16.9 Å². The minimum absolute atomic E-state index is 0.801. The molecule has 2 aliphatic rings. The number of nitrogens with one attached hydrogen (secondary N) is 1. The Kier molecular flexibility index (Phi) is 4.53. The molecule has 1 saturated carbocycles. The van der Waals surface area contributed by atoms with E-state index in [1.165, 1.54) is 31.6 Å². The average Bonchev–Trinajstić information content (AvgIpc) is 3.56. The third-order valence-electron chi connectivity index (χ3n) is 6.29. The van der Waals surface area contributed by atoms with Crippen molar-refractivity contribution >= 4 is 22.7 Å². The first-order valence-corrected chi connectivity index (χ1v) is 10.9. The largest absolute Gasteiger partial charge is 0.369 e. The first kappa shape index (κ1) is 18.3. The van der Waals surface area contributed by atoms with Gasteiger partial charge in [-0.2, -0.15) is 5.10 Å². The standard InChI is InChI=1S/C24H25N7/c1-3-20(29-13-15-30(16-14-29)21-5-6-21)4-2-19(1)28-22-7-8-23(18-9-11-25-12-10-18)31-24(22)26-17-27-31/h1-4,7-12,17,21,28H,5-6,13-16H2. The second-order valence-electron chi connectivity index (χ2n) is 8.29. The number of nitrogens with zero attached hydrogens (tertiary/aromatic N) is 6. The molecular formula is C24H25N7. The quantitative estimate of drug-likeness (QED) is 0.539. The van der Waals surface area contributed by atoms with Gasteiger partial charge in [-0.25, -0.2) is 9.50 Å². The van der Waals surface area contributed by atoms with E-state index in [4.69, 9.17) is 0 Å². The highest BCUT2D eigenvalue weighted by molar-refractivity contribution is 5.77. The van der Waals surface area contributed by atoms with E-state index >= 15 is 0 Å². The molecule has 1 aliphatic heterocycles. The molecule has 156 valence electrons. The topological polar surface area (TPSA) is 61.6 Å². The van der Waals surface area contributed by atoms with Crippen molar-refractivity contribution in [1.82, 2.24) is 24.5 Å². The van der Waals surface area contributed by atoms with Gasteiger partial charge in [0.1, 0.15) is 6.33 Å². The Morgan fingerprint density at radius 1 is 0.839 bits per heavy atom. The molecule has 0 unspecified atom stereocenters. The van der Waals surface area contributed by atoms with Gasteiger partial charge in [-0.3, -0.25) is 9.88 Å². The third kappa shape index (κ3) is 3.61. The van der Waals surface area contributed by atoms with E-state index in [0.29, 0.717) is 0 Å². The zero-order chi connectivity index (χ0) is 20.6. The molecule has 1 aromatic carbocycles. The molecule has 0 bridgehead atoms. The Balaban J connectivity index is 1.20. The van der Waals surface area contributed by atoms with Crippen molar-refractivity contribution in [3.63, 3.8) is 0 Å². The molecule has 4 heterocycles. The van der Waals surface area contributed by atoms with Crippen molar-refractivity contribution < 1.29 is 0 Å². The van der Waals surface area contributed by atoms with Crippen LogP contribution in [0.15, 0.2) is 67.3 Å². The molecule has 7 nitrogen and oxygen atoms in total. The van der Waals surface area contributed by atoms with Crippen LogP contribution in [0.4, 0.5) is 17.1 Å². The van der Waals surface area contributed by atoms with Crippen LogP contribution in [0.1, 0.15) is 12.8 Å². The van der Waals surface area contributed by atoms with Crippen molar-refractivity contribution in [1.29, 1.82) is 0 Å². The molecule has 1 saturated heterocycles. The van der Waals surface area contributed by atoms with Crippen LogP contribution >= 0.6 is 0 Å². The summed E-state index contributed by atoms with van der Waals surface area (Å²) < 4.78 is 1.87. The molecule has 31 heavy (non-hydrogen) atoms. The summed E-state index contributed by atoms with van der Waals surface area (Å²) in [4.78, 5) is 13.7. The number of fused-ring (bicyclic) bond motifs is 1. The Morgan fingerprint density at radius 3 is 2.35 bits per heavy atom. The lowest BCUT2D eigenvalue weighted by Gasteiger charge is -2.36. The number of aromatic nitrogens is 4. The van der Waals surface area contributed by atoms with Gasteiger partial charge in [0.05, 0.1) is 11.4 Å². The van der Waals surface area contributed by atoms with Crippen LogP contribution in [0.2, 0.25) is 0 Å². The van der Waals surface area contributed by atoms with Crippen molar-refractivity contribution in [2.45, 2.75) is 18.9 Å². The van der Waals surface area contributed by atoms with E-state index in [2.05, 4.69) is 66.6 Å². The molecule has 1 N–H and O–H groups in total. The molecule has 7 heteroatoms. The number of hydrogen-bond acceptors (Lipinski definition) is 6. The maximum Gasteiger partial charge on any atom is 0.179 e. The lowest BCUT2D eigenvalue weighted by atomic mass is 10.1. The lowest BCUT2D eigenvalue weighted by molar-refractivity contribution is 0.248. The maximum absolute atomic E-state index is 4.48. The van der Waals surface area contributed by atoms with Gasteiger partial charge in [-0.15, -0.1) is 0 Å². The normalized spacial score (nSPS) is 17.2. The molecule has 2 fully saturated rings. The molecule has 0 atom stereocenters. The summed E-state index contributed by atoms with van der Waals surface area (Å²) in [5.74, 6) is 0. The van der Waals surface area contributed by atoms with E-state index in [-0.39, 0.29) is 0 Å². The van der Waals surface area contributed by atoms with Crippen molar-refractivity contribution in [2.75, 3.05) is 36.4 Å². The number of anilines is 3. The third-order valence-corrected chi connectivity index (χ3v) is 6.29. The van der Waals surface area contributed by atoms with Gasteiger partial charge in [-0.05, 0) is 61.4 Å². The smallest absolute Gasteiger partial charge is 0.179 e. The highest BCUT2D eigenvalue weighted by Crippen LogP contribution is 2.30. The Labute approximate surface area is 181 Å². The SMILES string of the molecule is c1cc(-c2ccc(Nc3ccc(N4CCN(C5CC5)CC4)cc3)c3ncnn23)ccn1. The summed E-state index contributed by atoms with van der Waals surface area (Å²) in [5.41, 5.74) is 6.11. The summed E-state index contributed by atoms with van der Waals surface area (Å²) in [6, 6.07) is 17.7. The lowest BCUT2D eigenvalue weighted by Crippen LogP contribution is -2.47. The van der Waals surface area contributed by atoms with E-state index in [1.807, 2.05) is 16.6 Å². The molecule has 0 amide bonds. The first-order valence-electron chi connectivity index (χ1n) is 10.9. The Bertz CT molecular complexity index is 1170.